The number of phosphoric acid groups is 1. The monoisotopic (exact) mass is 513 g/mol. The number of rotatable bonds is 8. The fourth-order valence-electron chi connectivity index (χ4n) is 3.23. The van der Waals surface area contributed by atoms with Crippen molar-refractivity contribution in [1.82, 2.24) is 14.9 Å². The predicted molar refractivity (Wildman–Crippen MR) is 118 cm³/mol. The van der Waals surface area contributed by atoms with Crippen molar-refractivity contribution < 1.29 is 42.1 Å². The van der Waals surface area contributed by atoms with Crippen molar-refractivity contribution in [3.8, 4) is 23.7 Å². The maximum Gasteiger partial charge on any atom is 0.491 e. The lowest BCUT2D eigenvalue weighted by molar-refractivity contribution is -0.131. The van der Waals surface area contributed by atoms with E-state index in [1.54, 1.807) is 6.07 Å². The number of hydroxylamine groups is 1. The van der Waals surface area contributed by atoms with E-state index in [2.05, 4.69) is 28.3 Å². The summed E-state index contributed by atoms with van der Waals surface area (Å²) in [6.45, 7) is 1.12. The third-order valence-electron chi connectivity index (χ3n) is 5.90. The molecule has 4 N–H and O–H groups in total. The number of hydrogen-bond donors (Lipinski definition) is 4. The first-order valence-corrected chi connectivity index (χ1v) is 13.5. The molecule has 184 valence electrons. The molecule has 0 radical (unpaired) electrons. The van der Waals surface area contributed by atoms with E-state index in [1.165, 1.54) is 21.1 Å². The highest BCUT2D eigenvalue weighted by Crippen LogP contribution is 2.44. The zero-order valence-corrected chi connectivity index (χ0v) is 20.1. The Bertz CT molecular complexity index is 1290. The Morgan fingerprint density at radius 1 is 1.35 bits per heavy atom. The molecule has 1 unspecified atom stereocenters. The van der Waals surface area contributed by atoms with E-state index < -0.39 is 34.3 Å². The van der Waals surface area contributed by atoms with Crippen molar-refractivity contribution in [1.29, 1.82) is 0 Å². The first-order chi connectivity index (χ1) is 15.7. The van der Waals surface area contributed by atoms with Gasteiger partial charge in [-0.1, -0.05) is 11.8 Å². The van der Waals surface area contributed by atoms with Crippen molar-refractivity contribution in [2.45, 2.75) is 37.5 Å². The van der Waals surface area contributed by atoms with Gasteiger partial charge in [-0.2, -0.15) is 4.62 Å². The third-order valence-corrected chi connectivity index (χ3v) is 8.25. The summed E-state index contributed by atoms with van der Waals surface area (Å²) in [5.41, 5.74) is 2.35. The number of fused-ring (bicyclic) bond motifs is 1. The fraction of sp³-hybridized carbons (Fsp3) is 0.500. The molecular formula is C20H24N3O9PS. The summed E-state index contributed by atoms with van der Waals surface area (Å²) in [6.07, 6.45) is 3.69. The molecule has 2 heterocycles. The summed E-state index contributed by atoms with van der Waals surface area (Å²) >= 11 is 0. The molecule has 0 bridgehead atoms. The van der Waals surface area contributed by atoms with Crippen LogP contribution < -0.4 is 5.48 Å². The average Bonchev–Trinajstić information content (AvgIpc) is 3.32. The zero-order chi connectivity index (χ0) is 25.4. The normalized spacial score (nSPS) is 18.1. The molecule has 0 spiro atoms. The van der Waals surface area contributed by atoms with Gasteiger partial charge >= 0.3 is 13.9 Å². The summed E-state index contributed by atoms with van der Waals surface area (Å²) in [5, 5.41) is 9.24. The maximum absolute atomic E-state index is 12.7. The van der Waals surface area contributed by atoms with E-state index in [0.29, 0.717) is 11.3 Å². The van der Waals surface area contributed by atoms with E-state index in [0.717, 1.165) is 26.0 Å². The Morgan fingerprint density at radius 2 is 2.03 bits per heavy atom. The molecule has 1 fully saturated rings. The smallest absolute Gasteiger partial charge is 0.395 e. The van der Waals surface area contributed by atoms with Crippen LogP contribution in [0.3, 0.4) is 0 Å². The molecule has 0 aromatic carbocycles. The highest BCUT2D eigenvalue weighted by molar-refractivity contribution is 7.92. The van der Waals surface area contributed by atoms with Crippen molar-refractivity contribution in [3.05, 3.63) is 23.5 Å². The molecule has 2 aliphatic rings. The lowest BCUT2D eigenvalue weighted by Crippen LogP contribution is -2.51. The zero-order valence-electron chi connectivity index (χ0n) is 18.4. The van der Waals surface area contributed by atoms with E-state index in [9.17, 15) is 27.7 Å². The SMILES string of the molecule is CC(CCN1Cc2cc(C#CC#CC3(CO)CC3)cn2C1=O)(C(=O)NOP(=O)(O)O)S(C)(=O)=O. The van der Waals surface area contributed by atoms with Gasteiger partial charge in [0.05, 0.1) is 18.6 Å². The molecule has 1 saturated carbocycles. The Labute approximate surface area is 196 Å². The quantitative estimate of drug-likeness (QED) is 0.207. The van der Waals surface area contributed by atoms with Crippen LogP contribution in [-0.2, 0) is 30.4 Å². The van der Waals surface area contributed by atoms with Gasteiger partial charge < -0.3 is 19.8 Å². The highest BCUT2D eigenvalue weighted by Gasteiger charge is 2.45. The van der Waals surface area contributed by atoms with Gasteiger partial charge in [-0.05, 0) is 44.1 Å². The Kier molecular flexibility index (Phi) is 7.02. The number of aromatic nitrogens is 1. The summed E-state index contributed by atoms with van der Waals surface area (Å²) in [6, 6.07) is 1.26. The summed E-state index contributed by atoms with van der Waals surface area (Å²) in [5.74, 6) is 9.94. The standard InChI is InChI=1S/C20H24N3O9PS/c1-19(34(2,30)31,17(25)21-32-33(27,28)29)9-10-22-13-16-11-15(12-23(16)18(22)26)5-3-4-6-20(14-24)7-8-20/h11-12,24H,7-10,13-14H2,1-2H3,(H,21,25)(H2,27,28,29). The van der Waals surface area contributed by atoms with Gasteiger partial charge in [0.25, 0.3) is 5.91 Å². The van der Waals surface area contributed by atoms with E-state index in [1.807, 2.05) is 0 Å². The van der Waals surface area contributed by atoms with Gasteiger partial charge in [-0.3, -0.25) is 9.36 Å². The van der Waals surface area contributed by atoms with Gasteiger partial charge in [0.1, 0.15) is 0 Å². The van der Waals surface area contributed by atoms with Gasteiger partial charge in [0, 0.05) is 30.3 Å². The van der Waals surface area contributed by atoms with Gasteiger partial charge in [-0.25, -0.2) is 23.3 Å². The summed E-state index contributed by atoms with van der Waals surface area (Å²) in [4.78, 5) is 43.9. The molecule has 1 aromatic rings. The first kappa shape index (κ1) is 26.0. The number of hydrogen-bond acceptors (Lipinski definition) is 7. The van der Waals surface area contributed by atoms with Crippen LogP contribution in [0.5, 0.6) is 0 Å². The van der Waals surface area contributed by atoms with Gasteiger partial charge in [0.15, 0.2) is 14.6 Å². The third kappa shape index (κ3) is 5.70. The summed E-state index contributed by atoms with van der Waals surface area (Å²) in [7, 11) is -9.13. The van der Waals surface area contributed by atoms with Crippen molar-refractivity contribution in [2.75, 3.05) is 19.4 Å². The predicted octanol–water partition coefficient (Wildman–Crippen LogP) is -0.267. The Balaban J connectivity index is 1.65. The second kappa shape index (κ2) is 9.19. The van der Waals surface area contributed by atoms with Crippen LogP contribution in [0.25, 0.3) is 0 Å². The van der Waals surface area contributed by atoms with E-state index >= 15 is 0 Å². The van der Waals surface area contributed by atoms with Gasteiger partial charge in [-0.15, -0.1) is 0 Å². The molecule has 34 heavy (non-hydrogen) atoms. The summed E-state index contributed by atoms with van der Waals surface area (Å²) < 4.78 is 38.5. The van der Waals surface area contributed by atoms with Crippen LogP contribution in [0.1, 0.15) is 37.4 Å². The number of carbonyl (C=O) groups is 2. The minimum atomic E-state index is -5.07. The van der Waals surface area contributed by atoms with Crippen molar-refractivity contribution >= 4 is 29.6 Å². The first-order valence-electron chi connectivity index (χ1n) is 10.1. The number of aliphatic hydroxyl groups excluding tert-OH is 1. The topological polar surface area (TPSA) is 175 Å². The van der Waals surface area contributed by atoms with Crippen molar-refractivity contribution in [2.24, 2.45) is 5.41 Å². The molecule has 2 amide bonds. The van der Waals surface area contributed by atoms with Crippen LogP contribution in [0, 0.1) is 29.1 Å². The lowest BCUT2D eigenvalue weighted by atomic mass is 10.1. The Hall–Kier alpha value is -2.64. The van der Waals surface area contributed by atoms with Crippen LogP contribution >= 0.6 is 7.82 Å². The van der Waals surface area contributed by atoms with Crippen LogP contribution in [0.15, 0.2) is 12.3 Å². The second-order valence-corrected chi connectivity index (χ2v) is 12.1. The Morgan fingerprint density at radius 3 is 2.56 bits per heavy atom. The number of carbonyl (C=O) groups excluding carboxylic acids is 2. The van der Waals surface area contributed by atoms with E-state index in [4.69, 9.17) is 9.79 Å². The van der Waals surface area contributed by atoms with Crippen molar-refractivity contribution in [3.63, 3.8) is 0 Å². The number of nitrogens with zero attached hydrogens (tertiary/aromatic N) is 2. The van der Waals surface area contributed by atoms with Crippen LogP contribution in [0.2, 0.25) is 0 Å². The number of sulfone groups is 1. The largest absolute Gasteiger partial charge is 0.491 e. The highest BCUT2D eigenvalue weighted by atomic mass is 32.2. The molecule has 0 saturated heterocycles. The minimum absolute atomic E-state index is 0.00325. The molecule has 14 heteroatoms. The van der Waals surface area contributed by atoms with Crippen LogP contribution in [0.4, 0.5) is 4.79 Å². The molecule has 1 aliphatic heterocycles. The molecule has 1 aliphatic carbocycles. The second-order valence-electron chi connectivity index (χ2n) is 8.50. The minimum Gasteiger partial charge on any atom is -0.395 e. The number of aliphatic hydroxyl groups is 1. The molecule has 12 nitrogen and oxygen atoms in total. The molecule has 1 aromatic heterocycles. The van der Waals surface area contributed by atoms with E-state index in [-0.39, 0.29) is 31.5 Å². The molecule has 1 atom stereocenters. The van der Waals surface area contributed by atoms with Crippen LogP contribution in [-0.4, -0.2) is 68.9 Å². The molecule has 3 rings (SSSR count). The molecular weight excluding hydrogens is 489 g/mol. The average molecular weight is 513 g/mol. The number of amides is 2. The van der Waals surface area contributed by atoms with Gasteiger partial charge in [0.2, 0.25) is 0 Å². The number of nitrogens with one attached hydrogen (secondary N) is 1. The fourth-order valence-corrected chi connectivity index (χ4v) is 4.27. The maximum atomic E-state index is 12.7. The lowest BCUT2D eigenvalue weighted by Gasteiger charge is -2.28.